The van der Waals surface area contributed by atoms with E-state index in [4.69, 9.17) is 0 Å². The third-order valence-corrected chi connectivity index (χ3v) is 4.07. The summed E-state index contributed by atoms with van der Waals surface area (Å²) in [5.41, 5.74) is 0.893. The Bertz CT molecular complexity index is 456. The number of benzene rings is 1. The van der Waals surface area contributed by atoms with Crippen LogP contribution in [0.5, 0.6) is 0 Å². The molecule has 0 unspecified atom stereocenters. The van der Waals surface area contributed by atoms with Gasteiger partial charge >= 0.3 is 0 Å². The number of rotatable bonds is 8. The van der Waals surface area contributed by atoms with Crippen LogP contribution in [0.2, 0.25) is 0 Å². The molecule has 1 aromatic carbocycles. The summed E-state index contributed by atoms with van der Waals surface area (Å²) in [4.78, 5) is 22.3. The number of non-ortho nitro benzene ring substituents is 1. The Kier molecular flexibility index (Phi) is 5.82. The van der Waals surface area contributed by atoms with Crippen molar-refractivity contribution in [2.45, 2.75) is 27.2 Å². The molecule has 0 fully saturated rings. The van der Waals surface area contributed by atoms with E-state index in [0.29, 0.717) is 13.0 Å². The first-order chi connectivity index (χ1) is 9.46. The van der Waals surface area contributed by atoms with Crippen LogP contribution in [0.1, 0.15) is 26.3 Å². The minimum atomic E-state index is -0.432. The van der Waals surface area contributed by atoms with Crippen LogP contribution in [0.4, 0.5) is 5.69 Å². The van der Waals surface area contributed by atoms with E-state index in [-0.39, 0.29) is 11.5 Å². The van der Waals surface area contributed by atoms with Gasteiger partial charge in [-0.3, -0.25) is 14.9 Å². The van der Waals surface area contributed by atoms with Gasteiger partial charge in [-0.25, -0.2) is 0 Å². The van der Waals surface area contributed by atoms with Crippen LogP contribution in [0.3, 0.4) is 0 Å². The lowest BCUT2D eigenvalue weighted by atomic mass is 10.1. The van der Waals surface area contributed by atoms with Crippen molar-refractivity contribution in [2.24, 2.45) is 0 Å². The normalized spacial score (nSPS) is 11.3. The van der Waals surface area contributed by atoms with Gasteiger partial charge in [-0.1, -0.05) is 12.1 Å². The number of likely N-dealkylation sites (N-methyl/N-ethyl adjacent to an activating group) is 1. The summed E-state index contributed by atoms with van der Waals surface area (Å²) in [6.45, 7) is 9.67. The van der Waals surface area contributed by atoms with Crippen LogP contribution < -0.4 is 0 Å². The SMILES string of the molecule is CC[N+](CC)(CC)CC(=O)Cc1ccc([N+](=O)[O-])cc1. The molecule has 0 spiro atoms. The van der Waals surface area contributed by atoms with Gasteiger partial charge in [-0.15, -0.1) is 0 Å². The fraction of sp³-hybridized carbons (Fsp3) is 0.533. The highest BCUT2D eigenvalue weighted by molar-refractivity contribution is 5.82. The molecule has 0 heterocycles. The van der Waals surface area contributed by atoms with Gasteiger partial charge in [0.05, 0.1) is 24.6 Å². The van der Waals surface area contributed by atoms with Gasteiger partial charge < -0.3 is 4.48 Å². The lowest BCUT2D eigenvalue weighted by Gasteiger charge is -2.35. The average molecular weight is 279 g/mol. The predicted molar refractivity (Wildman–Crippen MR) is 78.6 cm³/mol. The van der Waals surface area contributed by atoms with Crippen LogP contribution >= 0.6 is 0 Å². The molecule has 0 bridgehead atoms. The maximum atomic E-state index is 12.2. The second kappa shape index (κ2) is 7.14. The standard InChI is InChI=1S/C15H23N2O3/c1-4-17(5-2,6-3)12-15(18)11-13-7-9-14(10-8-13)16(19)20/h7-10H,4-6,11-12H2,1-3H3/q+1. The zero-order valence-corrected chi connectivity index (χ0v) is 12.5. The summed E-state index contributed by atoms with van der Waals surface area (Å²) < 4.78 is 0.797. The maximum absolute atomic E-state index is 12.2. The van der Waals surface area contributed by atoms with Gasteiger partial charge in [0.25, 0.3) is 5.69 Å². The fourth-order valence-electron chi connectivity index (χ4n) is 2.40. The molecule has 0 aliphatic carbocycles. The highest BCUT2D eigenvalue weighted by atomic mass is 16.6. The topological polar surface area (TPSA) is 60.2 Å². The molecular formula is C15H23N2O3+. The third-order valence-electron chi connectivity index (χ3n) is 4.07. The monoisotopic (exact) mass is 279 g/mol. The van der Waals surface area contributed by atoms with Gasteiger partial charge in [0.2, 0.25) is 0 Å². The summed E-state index contributed by atoms with van der Waals surface area (Å²) in [5.74, 6) is 0.185. The minimum Gasteiger partial charge on any atom is -0.318 e. The highest BCUT2D eigenvalue weighted by Crippen LogP contribution is 2.13. The number of nitro benzene ring substituents is 1. The first kappa shape index (κ1) is 16.3. The summed E-state index contributed by atoms with van der Waals surface area (Å²) in [6.07, 6.45) is 0.345. The van der Waals surface area contributed by atoms with Gasteiger partial charge in [-0.05, 0) is 26.3 Å². The summed E-state index contributed by atoms with van der Waals surface area (Å²) in [5, 5.41) is 10.6. The van der Waals surface area contributed by atoms with Crippen molar-refractivity contribution in [3.05, 3.63) is 39.9 Å². The molecule has 5 heteroatoms. The predicted octanol–water partition coefficient (Wildman–Crippen LogP) is 2.58. The molecule has 0 atom stereocenters. The lowest BCUT2D eigenvalue weighted by molar-refractivity contribution is -0.915. The van der Waals surface area contributed by atoms with Gasteiger partial charge in [0, 0.05) is 18.6 Å². The van der Waals surface area contributed by atoms with E-state index in [1.807, 2.05) is 0 Å². The van der Waals surface area contributed by atoms with Crippen LogP contribution in [0.15, 0.2) is 24.3 Å². The number of hydrogen-bond acceptors (Lipinski definition) is 3. The number of carbonyl (C=O) groups excluding carboxylic acids is 1. The Hall–Kier alpha value is -1.75. The van der Waals surface area contributed by atoms with E-state index in [0.717, 1.165) is 29.7 Å². The molecule has 0 aliphatic heterocycles. The van der Waals surface area contributed by atoms with Crippen LogP contribution in [0.25, 0.3) is 0 Å². The zero-order valence-electron chi connectivity index (χ0n) is 12.5. The first-order valence-corrected chi connectivity index (χ1v) is 7.06. The van der Waals surface area contributed by atoms with Crippen molar-refractivity contribution in [3.63, 3.8) is 0 Å². The summed E-state index contributed by atoms with van der Waals surface area (Å²) >= 11 is 0. The number of nitrogens with zero attached hydrogens (tertiary/aromatic N) is 2. The third kappa shape index (κ3) is 4.13. The van der Waals surface area contributed by atoms with Crippen molar-refractivity contribution in [3.8, 4) is 0 Å². The van der Waals surface area contributed by atoms with E-state index >= 15 is 0 Å². The highest BCUT2D eigenvalue weighted by Gasteiger charge is 2.24. The Labute approximate surface area is 120 Å². The maximum Gasteiger partial charge on any atom is 0.269 e. The molecule has 0 amide bonds. The molecule has 0 aromatic heterocycles. The number of nitro groups is 1. The first-order valence-electron chi connectivity index (χ1n) is 7.06. The van der Waals surface area contributed by atoms with Crippen molar-refractivity contribution in [2.75, 3.05) is 26.2 Å². The molecule has 110 valence electrons. The summed E-state index contributed by atoms with van der Waals surface area (Å²) in [6, 6.07) is 6.22. The van der Waals surface area contributed by atoms with Crippen molar-refractivity contribution < 1.29 is 14.2 Å². The second-order valence-electron chi connectivity index (χ2n) is 5.09. The molecule has 1 aromatic rings. The van der Waals surface area contributed by atoms with E-state index in [2.05, 4.69) is 20.8 Å². The summed E-state index contributed by atoms with van der Waals surface area (Å²) in [7, 11) is 0. The number of carbonyl (C=O) groups is 1. The quantitative estimate of drug-likeness (QED) is 0.417. The van der Waals surface area contributed by atoms with Crippen molar-refractivity contribution >= 4 is 11.5 Å². The molecule has 20 heavy (non-hydrogen) atoms. The van der Waals surface area contributed by atoms with E-state index in [9.17, 15) is 14.9 Å². The Morgan fingerprint density at radius 3 is 2.00 bits per heavy atom. The smallest absolute Gasteiger partial charge is 0.269 e. The lowest BCUT2D eigenvalue weighted by Crippen LogP contribution is -2.51. The number of hydrogen-bond donors (Lipinski definition) is 0. The Morgan fingerprint density at radius 1 is 1.10 bits per heavy atom. The van der Waals surface area contributed by atoms with E-state index in [1.54, 1.807) is 12.1 Å². The van der Waals surface area contributed by atoms with Gasteiger partial charge in [0.1, 0.15) is 6.54 Å². The number of quaternary nitrogens is 1. The van der Waals surface area contributed by atoms with Crippen molar-refractivity contribution in [1.82, 2.24) is 0 Å². The van der Waals surface area contributed by atoms with Crippen molar-refractivity contribution in [1.29, 1.82) is 0 Å². The molecule has 0 saturated carbocycles. The molecule has 0 aliphatic rings. The van der Waals surface area contributed by atoms with E-state index in [1.165, 1.54) is 12.1 Å². The molecule has 0 saturated heterocycles. The average Bonchev–Trinajstić information content (AvgIpc) is 2.45. The van der Waals surface area contributed by atoms with E-state index < -0.39 is 4.92 Å². The zero-order chi connectivity index (χ0) is 15.2. The molecule has 0 radical (unpaired) electrons. The largest absolute Gasteiger partial charge is 0.318 e. The fourth-order valence-corrected chi connectivity index (χ4v) is 2.40. The number of ketones is 1. The molecular weight excluding hydrogens is 256 g/mol. The van der Waals surface area contributed by atoms with Gasteiger partial charge in [-0.2, -0.15) is 0 Å². The van der Waals surface area contributed by atoms with Gasteiger partial charge in [0.15, 0.2) is 5.78 Å². The second-order valence-corrected chi connectivity index (χ2v) is 5.09. The van der Waals surface area contributed by atoms with Crippen LogP contribution in [-0.4, -0.2) is 41.4 Å². The Morgan fingerprint density at radius 2 is 1.60 bits per heavy atom. The van der Waals surface area contributed by atoms with Crippen LogP contribution in [-0.2, 0) is 11.2 Å². The Balaban J connectivity index is 2.68. The molecule has 0 N–H and O–H groups in total. The number of Topliss-reactive ketones (excluding diaryl/α,β-unsaturated/α-hetero) is 1. The minimum absolute atomic E-state index is 0.0574. The molecule has 5 nitrogen and oxygen atoms in total. The molecule has 1 rings (SSSR count). The van der Waals surface area contributed by atoms with Crippen LogP contribution in [0, 0.1) is 10.1 Å².